The molecule has 0 radical (unpaired) electrons. The number of nitrogens with zero attached hydrogens (tertiary/aromatic N) is 2. The molecule has 0 N–H and O–H groups in total. The Bertz CT molecular complexity index is 351. The van der Waals surface area contributed by atoms with Crippen LogP contribution < -0.4 is 0 Å². The largest absolute Gasteiger partial charge is 0.272 e. The molecule has 0 saturated heterocycles. The number of aromatic nitrogens is 2. The number of rotatable bonds is 1. The molecule has 14 heavy (non-hydrogen) atoms. The van der Waals surface area contributed by atoms with Crippen LogP contribution in [0.3, 0.4) is 0 Å². The molecule has 1 aliphatic rings. The second-order valence-electron chi connectivity index (χ2n) is 5.84. The molecule has 1 aromatic heterocycles. The lowest BCUT2D eigenvalue weighted by molar-refractivity contribution is 0.555. The highest BCUT2D eigenvalue weighted by Crippen LogP contribution is 2.50. The van der Waals surface area contributed by atoms with Crippen LogP contribution in [0.5, 0.6) is 0 Å². The SMILES string of the molecule is Cn1ncc(C(C)(C)C)c1C1(C)CC1. The third-order valence-electron chi connectivity index (χ3n) is 3.32. The summed E-state index contributed by atoms with van der Waals surface area (Å²) in [5.74, 6) is 0. The molecule has 0 amide bonds. The molecule has 1 aliphatic carbocycles. The summed E-state index contributed by atoms with van der Waals surface area (Å²) in [4.78, 5) is 0. The fraction of sp³-hybridized carbons (Fsp3) is 0.750. The minimum Gasteiger partial charge on any atom is -0.272 e. The van der Waals surface area contributed by atoms with Gasteiger partial charge >= 0.3 is 0 Å². The smallest absolute Gasteiger partial charge is 0.0530 e. The molecule has 0 bridgehead atoms. The summed E-state index contributed by atoms with van der Waals surface area (Å²) in [7, 11) is 2.06. The molecule has 1 fully saturated rings. The third-order valence-corrected chi connectivity index (χ3v) is 3.32. The molecule has 0 atom stereocenters. The van der Waals surface area contributed by atoms with Crippen molar-refractivity contribution >= 4 is 0 Å². The molecule has 2 nitrogen and oxygen atoms in total. The summed E-state index contributed by atoms with van der Waals surface area (Å²) in [6.45, 7) is 9.14. The molecule has 2 rings (SSSR count). The molecule has 0 aromatic carbocycles. The van der Waals surface area contributed by atoms with E-state index < -0.39 is 0 Å². The number of hydrogen-bond donors (Lipinski definition) is 0. The summed E-state index contributed by atoms with van der Waals surface area (Å²) < 4.78 is 2.06. The van der Waals surface area contributed by atoms with Crippen LogP contribution in [0.2, 0.25) is 0 Å². The molecule has 0 aliphatic heterocycles. The topological polar surface area (TPSA) is 17.8 Å². The summed E-state index contributed by atoms with van der Waals surface area (Å²) in [6, 6.07) is 0. The van der Waals surface area contributed by atoms with E-state index >= 15 is 0 Å². The Kier molecular flexibility index (Phi) is 1.82. The van der Waals surface area contributed by atoms with Gasteiger partial charge in [-0.05, 0) is 23.8 Å². The second-order valence-corrected chi connectivity index (χ2v) is 5.84. The zero-order valence-corrected chi connectivity index (χ0v) is 9.89. The van der Waals surface area contributed by atoms with Crippen molar-refractivity contribution in [1.82, 2.24) is 9.78 Å². The van der Waals surface area contributed by atoms with Crippen LogP contribution in [0.4, 0.5) is 0 Å². The van der Waals surface area contributed by atoms with Crippen molar-refractivity contribution in [2.45, 2.75) is 51.4 Å². The van der Waals surface area contributed by atoms with Gasteiger partial charge in [0.05, 0.1) is 6.20 Å². The van der Waals surface area contributed by atoms with Gasteiger partial charge in [-0.25, -0.2) is 0 Å². The zero-order valence-electron chi connectivity index (χ0n) is 9.89. The predicted octanol–water partition coefficient (Wildman–Crippen LogP) is 2.77. The van der Waals surface area contributed by atoms with Crippen molar-refractivity contribution in [3.8, 4) is 0 Å². The van der Waals surface area contributed by atoms with Gasteiger partial charge in [-0.15, -0.1) is 0 Å². The van der Waals surface area contributed by atoms with Crippen LogP contribution >= 0.6 is 0 Å². The van der Waals surface area contributed by atoms with E-state index in [2.05, 4.69) is 44.5 Å². The second kappa shape index (κ2) is 2.62. The minimum atomic E-state index is 0.217. The molecular formula is C12H20N2. The van der Waals surface area contributed by atoms with E-state index in [0.29, 0.717) is 5.41 Å². The number of hydrogen-bond acceptors (Lipinski definition) is 1. The van der Waals surface area contributed by atoms with Gasteiger partial charge in [-0.1, -0.05) is 27.7 Å². The quantitative estimate of drug-likeness (QED) is 0.669. The van der Waals surface area contributed by atoms with E-state index in [1.807, 2.05) is 6.20 Å². The third kappa shape index (κ3) is 1.37. The van der Waals surface area contributed by atoms with E-state index in [1.165, 1.54) is 24.1 Å². The van der Waals surface area contributed by atoms with E-state index in [-0.39, 0.29) is 5.41 Å². The van der Waals surface area contributed by atoms with Crippen molar-refractivity contribution in [1.29, 1.82) is 0 Å². The average Bonchev–Trinajstić information content (AvgIpc) is 2.60. The first-order chi connectivity index (χ1) is 6.34. The van der Waals surface area contributed by atoms with E-state index in [0.717, 1.165) is 0 Å². The summed E-state index contributed by atoms with van der Waals surface area (Å²) in [5, 5.41) is 4.41. The summed E-state index contributed by atoms with van der Waals surface area (Å²) in [6.07, 6.45) is 4.67. The Morgan fingerprint density at radius 2 is 1.93 bits per heavy atom. The van der Waals surface area contributed by atoms with Crippen LogP contribution in [-0.4, -0.2) is 9.78 Å². The van der Waals surface area contributed by atoms with Gasteiger partial charge in [-0.2, -0.15) is 5.10 Å². The van der Waals surface area contributed by atoms with Crippen LogP contribution in [0.15, 0.2) is 6.20 Å². The van der Waals surface area contributed by atoms with Gasteiger partial charge in [0, 0.05) is 18.2 Å². The Hall–Kier alpha value is -0.790. The van der Waals surface area contributed by atoms with Crippen LogP contribution in [0.25, 0.3) is 0 Å². The van der Waals surface area contributed by atoms with Gasteiger partial charge in [0.25, 0.3) is 0 Å². The van der Waals surface area contributed by atoms with Crippen molar-refractivity contribution < 1.29 is 0 Å². The summed E-state index contributed by atoms with van der Waals surface area (Å²) >= 11 is 0. The fourth-order valence-corrected chi connectivity index (χ4v) is 2.13. The maximum atomic E-state index is 4.41. The first kappa shape index (κ1) is 9.75. The zero-order chi connectivity index (χ0) is 10.6. The maximum absolute atomic E-state index is 4.41. The molecule has 1 saturated carbocycles. The molecule has 2 heteroatoms. The van der Waals surface area contributed by atoms with Crippen LogP contribution in [-0.2, 0) is 17.9 Å². The summed E-state index contributed by atoms with van der Waals surface area (Å²) in [5.41, 5.74) is 3.49. The highest BCUT2D eigenvalue weighted by Gasteiger charge is 2.44. The normalized spacial score (nSPS) is 19.8. The Labute approximate surface area is 86.3 Å². The van der Waals surface area contributed by atoms with Crippen LogP contribution in [0.1, 0.15) is 51.8 Å². The predicted molar refractivity (Wildman–Crippen MR) is 58.5 cm³/mol. The molecule has 1 aromatic rings. The molecule has 1 heterocycles. The van der Waals surface area contributed by atoms with Crippen molar-refractivity contribution in [3.05, 3.63) is 17.5 Å². The Balaban J connectivity index is 2.52. The lowest BCUT2D eigenvalue weighted by Gasteiger charge is -2.22. The number of aryl methyl sites for hydroxylation is 1. The Morgan fingerprint density at radius 3 is 2.36 bits per heavy atom. The highest BCUT2D eigenvalue weighted by molar-refractivity contribution is 5.35. The first-order valence-electron chi connectivity index (χ1n) is 5.37. The minimum absolute atomic E-state index is 0.217. The van der Waals surface area contributed by atoms with Gasteiger partial charge in [0.1, 0.15) is 0 Å². The van der Waals surface area contributed by atoms with E-state index in [4.69, 9.17) is 0 Å². The molecule has 0 spiro atoms. The molecule has 0 unspecified atom stereocenters. The Morgan fingerprint density at radius 1 is 1.36 bits per heavy atom. The maximum Gasteiger partial charge on any atom is 0.0530 e. The van der Waals surface area contributed by atoms with Crippen molar-refractivity contribution in [2.24, 2.45) is 7.05 Å². The standard InChI is InChI=1S/C12H20N2/c1-11(2,3)9-8-13-14(5)10(9)12(4)6-7-12/h8H,6-7H2,1-5H3. The van der Waals surface area contributed by atoms with Gasteiger partial charge < -0.3 is 0 Å². The van der Waals surface area contributed by atoms with Gasteiger partial charge in [0.15, 0.2) is 0 Å². The van der Waals surface area contributed by atoms with Crippen molar-refractivity contribution in [2.75, 3.05) is 0 Å². The monoisotopic (exact) mass is 192 g/mol. The lowest BCUT2D eigenvalue weighted by atomic mass is 9.83. The van der Waals surface area contributed by atoms with Gasteiger partial charge in [0.2, 0.25) is 0 Å². The van der Waals surface area contributed by atoms with E-state index in [9.17, 15) is 0 Å². The van der Waals surface area contributed by atoms with Crippen molar-refractivity contribution in [3.63, 3.8) is 0 Å². The molecular weight excluding hydrogens is 172 g/mol. The van der Waals surface area contributed by atoms with E-state index in [1.54, 1.807) is 0 Å². The fourth-order valence-electron chi connectivity index (χ4n) is 2.13. The average molecular weight is 192 g/mol. The first-order valence-corrected chi connectivity index (χ1v) is 5.37. The highest BCUT2D eigenvalue weighted by atomic mass is 15.3. The van der Waals surface area contributed by atoms with Gasteiger partial charge in [-0.3, -0.25) is 4.68 Å². The lowest BCUT2D eigenvalue weighted by Crippen LogP contribution is -2.18. The molecule has 78 valence electrons. The van der Waals surface area contributed by atoms with Crippen LogP contribution in [0, 0.1) is 0 Å².